The van der Waals surface area contributed by atoms with Gasteiger partial charge < -0.3 is 4.57 Å². The Hall–Kier alpha value is -1.49. The molecule has 0 unspecified atom stereocenters. The van der Waals surface area contributed by atoms with Crippen molar-refractivity contribution in [1.82, 2.24) is 14.8 Å². The minimum absolute atomic E-state index is 0.643. The summed E-state index contributed by atoms with van der Waals surface area (Å²) in [5.74, 6) is 1.58. The zero-order chi connectivity index (χ0) is 16.4. The van der Waals surface area contributed by atoms with E-state index in [1.54, 1.807) is 17.8 Å². The van der Waals surface area contributed by atoms with Crippen LogP contribution in [0.3, 0.4) is 0 Å². The van der Waals surface area contributed by atoms with Crippen molar-refractivity contribution in [2.24, 2.45) is 7.05 Å². The van der Waals surface area contributed by atoms with Gasteiger partial charge >= 0.3 is 0 Å². The Balaban J connectivity index is 1.80. The molecule has 1 heterocycles. The van der Waals surface area contributed by atoms with Gasteiger partial charge in [-0.25, -0.2) is 0 Å². The van der Waals surface area contributed by atoms with Crippen LogP contribution in [-0.4, -0.2) is 14.8 Å². The molecule has 118 valence electrons. The highest BCUT2D eigenvalue weighted by Crippen LogP contribution is 2.29. The van der Waals surface area contributed by atoms with E-state index >= 15 is 0 Å². The maximum absolute atomic E-state index is 6.21. The summed E-state index contributed by atoms with van der Waals surface area (Å²) in [5, 5.41) is 10.8. The van der Waals surface area contributed by atoms with Crippen LogP contribution in [0.15, 0.2) is 47.6 Å². The molecule has 0 fully saturated rings. The first-order valence-corrected chi connectivity index (χ1v) is 8.82. The van der Waals surface area contributed by atoms with Gasteiger partial charge in [0.25, 0.3) is 0 Å². The summed E-state index contributed by atoms with van der Waals surface area (Å²) in [6, 6.07) is 13.8. The van der Waals surface area contributed by atoms with Crippen molar-refractivity contribution in [1.29, 1.82) is 0 Å². The number of benzene rings is 2. The lowest BCUT2D eigenvalue weighted by molar-refractivity contribution is 0.794. The van der Waals surface area contributed by atoms with E-state index in [1.165, 1.54) is 5.56 Å². The van der Waals surface area contributed by atoms with E-state index in [0.717, 1.165) is 27.9 Å². The van der Waals surface area contributed by atoms with Crippen molar-refractivity contribution in [2.75, 3.05) is 0 Å². The van der Waals surface area contributed by atoms with Crippen LogP contribution in [0.4, 0.5) is 0 Å². The fraction of sp³-hybridized carbons (Fsp3) is 0.176. The molecule has 3 aromatic rings. The highest BCUT2D eigenvalue weighted by atomic mass is 35.5. The minimum atomic E-state index is 0.643. The van der Waals surface area contributed by atoms with Crippen molar-refractivity contribution >= 4 is 35.0 Å². The summed E-state index contributed by atoms with van der Waals surface area (Å²) in [4.78, 5) is 0. The van der Waals surface area contributed by atoms with Crippen LogP contribution in [0, 0.1) is 6.92 Å². The van der Waals surface area contributed by atoms with E-state index in [1.807, 2.05) is 35.9 Å². The molecule has 0 atom stereocenters. The molecule has 0 amide bonds. The highest BCUT2D eigenvalue weighted by molar-refractivity contribution is 7.98. The fourth-order valence-corrected chi connectivity index (χ4v) is 3.73. The normalized spacial score (nSPS) is 11.0. The summed E-state index contributed by atoms with van der Waals surface area (Å²) >= 11 is 13.7. The van der Waals surface area contributed by atoms with Gasteiger partial charge in [-0.1, -0.05) is 64.8 Å². The average Bonchev–Trinajstić information content (AvgIpc) is 2.87. The monoisotopic (exact) mass is 363 g/mol. The molecule has 0 saturated heterocycles. The second kappa shape index (κ2) is 6.95. The van der Waals surface area contributed by atoms with Gasteiger partial charge in [0.2, 0.25) is 0 Å². The number of rotatable bonds is 4. The maximum Gasteiger partial charge on any atom is 0.191 e. The number of nitrogens with zero attached hydrogens (tertiary/aromatic N) is 3. The minimum Gasteiger partial charge on any atom is -0.305 e. The second-order valence-corrected chi connectivity index (χ2v) is 7.05. The maximum atomic E-state index is 6.21. The van der Waals surface area contributed by atoms with Gasteiger partial charge in [-0.3, -0.25) is 0 Å². The van der Waals surface area contributed by atoms with Crippen LogP contribution in [0.1, 0.15) is 11.1 Å². The molecule has 2 aromatic carbocycles. The highest BCUT2D eigenvalue weighted by Gasteiger charge is 2.12. The number of thioether (sulfide) groups is 1. The van der Waals surface area contributed by atoms with Crippen LogP contribution >= 0.6 is 35.0 Å². The SMILES string of the molecule is Cc1cccc(-c2nnc(SCc3ccc(Cl)cc3Cl)n2C)c1. The van der Waals surface area contributed by atoms with E-state index < -0.39 is 0 Å². The Bertz CT molecular complexity index is 846. The summed E-state index contributed by atoms with van der Waals surface area (Å²) in [7, 11) is 1.98. The molecular weight excluding hydrogens is 349 g/mol. The molecule has 23 heavy (non-hydrogen) atoms. The molecule has 0 aliphatic rings. The van der Waals surface area contributed by atoms with Crippen LogP contribution in [0.5, 0.6) is 0 Å². The fourth-order valence-electron chi connectivity index (χ4n) is 2.26. The molecule has 0 bridgehead atoms. The van der Waals surface area contributed by atoms with E-state index in [4.69, 9.17) is 23.2 Å². The van der Waals surface area contributed by atoms with Crippen LogP contribution in [-0.2, 0) is 12.8 Å². The van der Waals surface area contributed by atoms with E-state index in [9.17, 15) is 0 Å². The predicted octanol–water partition coefficient (Wildman–Crippen LogP) is 5.39. The third kappa shape index (κ3) is 3.71. The molecule has 0 radical (unpaired) electrons. The number of aromatic nitrogens is 3. The Morgan fingerprint density at radius 3 is 2.65 bits per heavy atom. The molecule has 1 aromatic heterocycles. The lowest BCUT2D eigenvalue weighted by Crippen LogP contribution is -1.95. The largest absolute Gasteiger partial charge is 0.305 e. The number of hydrogen-bond acceptors (Lipinski definition) is 3. The van der Waals surface area contributed by atoms with Gasteiger partial charge in [-0.05, 0) is 30.7 Å². The Kier molecular flexibility index (Phi) is 4.95. The van der Waals surface area contributed by atoms with Crippen LogP contribution < -0.4 is 0 Å². The number of halogens is 2. The standard InChI is InChI=1S/C17H15Cl2N3S/c1-11-4-3-5-12(8-11)16-20-21-17(22(16)2)23-10-13-6-7-14(18)9-15(13)19/h3-9H,10H2,1-2H3. The zero-order valence-corrected chi connectivity index (χ0v) is 15.1. The third-order valence-electron chi connectivity index (χ3n) is 3.48. The van der Waals surface area contributed by atoms with Crippen LogP contribution in [0.25, 0.3) is 11.4 Å². The van der Waals surface area contributed by atoms with Crippen molar-refractivity contribution in [3.63, 3.8) is 0 Å². The number of hydrogen-bond donors (Lipinski definition) is 0. The van der Waals surface area contributed by atoms with Crippen molar-refractivity contribution < 1.29 is 0 Å². The lowest BCUT2D eigenvalue weighted by atomic mass is 10.1. The molecule has 0 N–H and O–H groups in total. The molecule has 6 heteroatoms. The first-order chi connectivity index (χ1) is 11.0. The van der Waals surface area contributed by atoms with Gasteiger partial charge in [0.05, 0.1) is 0 Å². The predicted molar refractivity (Wildman–Crippen MR) is 97.2 cm³/mol. The van der Waals surface area contributed by atoms with Crippen molar-refractivity contribution in [2.45, 2.75) is 17.8 Å². The Morgan fingerprint density at radius 1 is 1.09 bits per heavy atom. The van der Waals surface area contributed by atoms with Gasteiger partial charge in [0.15, 0.2) is 11.0 Å². The molecule has 0 saturated carbocycles. The molecule has 0 aliphatic carbocycles. The number of aryl methyl sites for hydroxylation is 1. The third-order valence-corrected chi connectivity index (χ3v) is 5.14. The molecule has 0 spiro atoms. The topological polar surface area (TPSA) is 30.7 Å². The van der Waals surface area contributed by atoms with E-state index in [2.05, 4.69) is 29.3 Å². The molecule has 0 aliphatic heterocycles. The first kappa shape index (κ1) is 16.4. The smallest absolute Gasteiger partial charge is 0.191 e. The first-order valence-electron chi connectivity index (χ1n) is 7.08. The summed E-state index contributed by atoms with van der Waals surface area (Å²) in [5.41, 5.74) is 3.30. The Morgan fingerprint density at radius 2 is 1.91 bits per heavy atom. The molecular formula is C17H15Cl2N3S. The Labute approximate surface area is 149 Å². The average molecular weight is 364 g/mol. The zero-order valence-electron chi connectivity index (χ0n) is 12.8. The van der Waals surface area contributed by atoms with Gasteiger partial charge in [-0.2, -0.15) is 0 Å². The quantitative estimate of drug-likeness (QED) is 0.582. The summed E-state index contributed by atoms with van der Waals surface area (Å²) < 4.78 is 2.00. The summed E-state index contributed by atoms with van der Waals surface area (Å²) in [6.45, 7) is 2.07. The van der Waals surface area contributed by atoms with Gasteiger partial charge in [0.1, 0.15) is 0 Å². The molecule has 3 nitrogen and oxygen atoms in total. The van der Waals surface area contributed by atoms with Crippen LogP contribution in [0.2, 0.25) is 10.0 Å². The van der Waals surface area contributed by atoms with Crippen molar-refractivity contribution in [3.8, 4) is 11.4 Å². The van der Waals surface area contributed by atoms with Gasteiger partial charge in [0, 0.05) is 28.4 Å². The van der Waals surface area contributed by atoms with Crippen molar-refractivity contribution in [3.05, 3.63) is 63.6 Å². The second-order valence-electron chi connectivity index (χ2n) is 5.26. The van der Waals surface area contributed by atoms with E-state index in [-0.39, 0.29) is 0 Å². The molecule has 3 rings (SSSR count). The lowest BCUT2D eigenvalue weighted by Gasteiger charge is -2.06. The van der Waals surface area contributed by atoms with E-state index in [0.29, 0.717) is 10.0 Å². The summed E-state index contributed by atoms with van der Waals surface area (Å²) in [6.07, 6.45) is 0. The van der Waals surface area contributed by atoms with Gasteiger partial charge in [-0.15, -0.1) is 10.2 Å².